The number of carbonyl (C=O) groups excluding carboxylic acids is 2. The molecule has 1 N–H and O–H groups in total. The summed E-state index contributed by atoms with van der Waals surface area (Å²) in [6.07, 6.45) is -0.819. The zero-order valence-electron chi connectivity index (χ0n) is 16.8. The average molecular weight is 446 g/mol. The summed E-state index contributed by atoms with van der Waals surface area (Å²) in [7, 11) is 0. The van der Waals surface area contributed by atoms with Crippen molar-refractivity contribution in [3.05, 3.63) is 28.7 Å². The van der Waals surface area contributed by atoms with Gasteiger partial charge in [0.1, 0.15) is 23.6 Å². The number of hydroxylamine groups is 1. The molecule has 0 aliphatic heterocycles. The Morgan fingerprint density at radius 3 is 1.93 bits per heavy atom. The van der Waals surface area contributed by atoms with Crippen LogP contribution in [0.4, 0.5) is 4.79 Å². The largest absolute Gasteiger partial charge is 0.490 e. The molecule has 0 aliphatic carbocycles. The molecule has 0 bridgehead atoms. The first-order valence-electron chi connectivity index (χ1n) is 8.49. The molecule has 1 unspecified atom stereocenters. The van der Waals surface area contributed by atoms with Crippen molar-refractivity contribution >= 4 is 28.0 Å². The summed E-state index contributed by atoms with van der Waals surface area (Å²) < 4.78 is 17.1. The Labute approximate surface area is 168 Å². The minimum Gasteiger partial charge on any atom is -0.490 e. The molecule has 1 aromatic rings. The SMILES string of the molecule is CC(C)(C)OC(=O)NOC(C)(COc1ccc(Br)cc1)C(=O)OC(C)(C)C. The molecule has 7 nitrogen and oxygen atoms in total. The number of halogens is 1. The highest BCUT2D eigenvalue weighted by atomic mass is 79.9. The lowest BCUT2D eigenvalue weighted by atomic mass is 10.1. The molecule has 0 saturated carbocycles. The number of hydrogen-bond donors (Lipinski definition) is 1. The summed E-state index contributed by atoms with van der Waals surface area (Å²) >= 11 is 3.34. The van der Waals surface area contributed by atoms with Crippen LogP contribution in [0.3, 0.4) is 0 Å². The van der Waals surface area contributed by atoms with E-state index in [2.05, 4.69) is 21.4 Å². The van der Waals surface area contributed by atoms with Crippen LogP contribution in [0.2, 0.25) is 0 Å². The average Bonchev–Trinajstić information content (AvgIpc) is 2.49. The topological polar surface area (TPSA) is 83.1 Å². The van der Waals surface area contributed by atoms with Gasteiger partial charge in [0.2, 0.25) is 5.60 Å². The van der Waals surface area contributed by atoms with E-state index >= 15 is 0 Å². The number of esters is 1. The summed E-state index contributed by atoms with van der Waals surface area (Å²) in [5, 5.41) is 0. The summed E-state index contributed by atoms with van der Waals surface area (Å²) in [6.45, 7) is 11.7. The highest BCUT2D eigenvalue weighted by Crippen LogP contribution is 2.21. The molecular weight excluding hydrogens is 418 g/mol. The minimum absolute atomic E-state index is 0.181. The first kappa shape index (κ1) is 23.2. The van der Waals surface area contributed by atoms with Crippen molar-refractivity contribution in [2.24, 2.45) is 0 Å². The first-order valence-corrected chi connectivity index (χ1v) is 9.28. The third-order valence-corrected chi connectivity index (χ3v) is 3.45. The molecule has 0 heterocycles. The van der Waals surface area contributed by atoms with Gasteiger partial charge in [0, 0.05) is 4.47 Å². The van der Waals surface area contributed by atoms with Crippen LogP contribution in [0.1, 0.15) is 48.5 Å². The predicted octanol–water partition coefficient (Wildman–Crippen LogP) is 4.38. The zero-order valence-corrected chi connectivity index (χ0v) is 18.4. The molecule has 0 aromatic heterocycles. The number of amides is 1. The van der Waals surface area contributed by atoms with E-state index in [1.807, 2.05) is 0 Å². The Balaban J connectivity index is 2.85. The summed E-state index contributed by atoms with van der Waals surface area (Å²) in [6, 6.07) is 7.09. The number of ether oxygens (including phenoxy) is 3. The van der Waals surface area contributed by atoms with Crippen molar-refractivity contribution in [3.63, 3.8) is 0 Å². The first-order chi connectivity index (χ1) is 12.2. The van der Waals surface area contributed by atoms with Crippen LogP contribution in [0.5, 0.6) is 5.75 Å². The van der Waals surface area contributed by atoms with Gasteiger partial charge in [-0.15, -0.1) is 0 Å². The lowest BCUT2D eigenvalue weighted by molar-refractivity contribution is -0.194. The van der Waals surface area contributed by atoms with Crippen LogP contribution in [0.25, 0.3) is 0 Å². The van der Waals surface area contributed by atoms with Crippen molar-refractivity contribution in [1.82, 2.24) is 5.48 Å². The molecular formula is C19H28BrNO6. The van der Waals surface area contributed by atoms with E-state index in [4.69, 9.17) is 19.0 Å². The lowest BCUT2D eigenvalue weighted by Crippen LogP contribution is -2.52. The quantitative estimate of drug-likeness (QED) is 0.516. The third kappa shape index (κ3) is 9.10. The third-order valence-electron chi connectivity index (χ3n) is 2.92. The van der Waals surface area contributed by atoms with Crippen molar-refractivity contribution in [2.45, 2.75) is 65.3 Å². The number of hydrogen-bond acceptors (Lipinski definition) is 6. The van der Waals surface area contributed by atoms with Crippen LogP contribution < -0.4 is 10.2 Å². The maximum Gasteiger partial charge on any atom is 0.431 e. The van der Waals surface area contributed by atoms with Gasteiger partial charge in [-0.25, -0.2) is 14.4 Å². The number of benzene rings is 1. The Hall–Kier alpha value is -1.80. The van der Waals surface area contributed by atoms with Gasteiger partial charge in [-0.1, -0.05) is 15.9 Å². The summed E-state index contributed by atoms with van der Waals surface area (Å²) in [4.78, 5) is 29.9. The second-order valence-corrected chi connectivity index (χ2v) is 9.10. The monoisotopic (exact) mass is 445 g/mol. The normalized spacial score (nSPS) is 14.1. The number of rotatable bonds is 6. The molecule has 0 fully saturated rings. The highest BCUT2D eigenvalue weighted by Gasteiger charge is 2.41. The Morgan fingerprint density at radius 1 is 0.926 bits per heavy atom. The van der Waals surface area contributed by atoms with E-state index in [1.54, 1.807) is 65.8 Å². The van der Waals surface area contributed by atoms with E-state index in [1.165, 1.54) is 6.92 Å². The van der Waals surface area contributed by atoms with Crippen molar-refractivity contribution < 1.29 is 28.6 Å². The summed E-state index contributed by atoms with van der Waals surface area (Å²) in [5.41, 5.74) is -0.879. The second-order valence-electron chi connectivity index (χ2n) is 8.18. The van der Waals surface area contributed by atoms with Crippen LogP contribution in [0.15, 0.2) is 28.7 Å². The molecule has 0 spiro atoms. The molecule has 1 aromatic carbocycles. The van der Waals surface area contributed by atoms with E-state index in [9.17, 15) is 9.59 Å². The Morgan fingerprint density at radius 2 is 1.44 bits per heavy atom. The van der Waals surface area contributed by atoms with E-state index < -0.39 is 28.9 Å². The van der Waals surface area contributed by atoms with Crippen molar-refractivity contribution in [2.75, 3.05) is 6.61 Å². The van der Waals surface area contributed by atoms with Gasteiger partial charge >= 0.3 is 12.1 Å². The van der Waals surface area contributed by atoms with Gasteiger partial charge in [0.15, 0.2) is 0 Å². The molecule has 0 aliphatic rings. The maximum absolute atomic E-state index is 12.6. The molecule has 1 amide bonds. The molecule has 1 rings (SSSR count). The molecule has 8 heteroatoms. The molecule has 1 atom stereocenters. The Kier molecular flexibility index (Phi) is 7.68. The number of nitrogens with one attached hydrogen (secondary N) is 1. The molecule has 0 radical (unpaired) electrons. The van der Waals surface area contributed by atoms with Crippen LogP contribution in [-0.4, -0.2) is 35.5 Å². The Bertz CT molecular complexity index is 648. The van der Waals surface area contributed by atoms with Gasteiger partial charge in [-0.2, -0.15) is 5.48 Å². The van der Waals surface area contributed by atoms with Crippen LogP contribution in [0, 0.1) is 0 Å². The van der Waals surface area contributed by atoms with E-state index in [0.717, 1.165) is 4.47 Å². The van der Waals surface area contributed by atoms with Gasteiger partial charge in [-0.3, -0.25) is 0 Å². The molecule has 152 valence electrons. The van der Waals surface area contributed by atoms with Crippen LogP contribution in [-0.2, 0) is 19.1 Å². The lowest BCUT2D eigenvalue weighted by Gasteiger charge is -2.31. The van der Waals surface area contributed by atoms with Gasteiger partial charge < -0.3 is 14.2 Å². The van der Waals surface area contributed by atoms with Gasteiger partial charge in [0.25, 0.3) is 0 Å². The maximum atomic E-state index is 12.6. The van der Waals surface area contributed by atoms with E-state index in [-0.39, 0.29) is 6.61 Å². The fourth-order valence-corrected chi connectivity index (χ4v) is 1.99. The van der Waals surface area contributed by atoms with E-state index in [0.29, 0.717) is 5.75 Å². The minimum atomic E-state index is -1.59. The number of carbonyl (C=O) groups is 2. The highest BCUT2D eigenvalue weighted by molar-refractivity contribution is 9.10. The fourth-order valence-electron chi connectivity index (χ4n) is 1.72. The predicted molar refractivity (Wildman–Crippen MR) is 104 cm³/mol. The van der Waals surface area contributed by atoms with Crippen molar-refractivity contribution in [3.8, 4) is 5.75 Å². The van der Waals surface area contributed by atoms with Crippen LogP contribution >= 0.6 is 15.9 Å². The smallest absolute Gasteiger partial charge is 0.431 e. The molecule has 27 heavy (non-hydrogen) atoms. The molecule has 0 saturated heterocycles. The summed E-state index contributed by atoms with van der Waals surface area (Å²) in [5.74, 6) is -0.142. The van der Waals surface area contributed by atoms with Crippen molar-refractivity contribution in [1.29, 1.82) is 0 Å². The van der Waals surface area contributed by atoms with Gasteiger partial charge in [-0.05, 0) is 72.7 Å². The standard InChI is InChI=1S/C19H28BrNO6/c1-17(2,3)25-15(22)19(7,27-21-16(23)26-18(4,5)6)12-24-14-10-8-13(20)9-11-14/h8-11H,12H2,1-7H3,(H,21,23). The zero-order chi connectivity index (χ0) is 20.9. The fraction of sp³-hybridized carbons (Fsp3) is 0.579. The second kappa shape index (κ2) is 8.93. The van der Waals surface area contributed by atoms with Gasteiger partial charge in [0.05, 0.1) is 0 Å².